The highest BCUT2D eigenvalue weighted by molar-refractivity contribution is 5.81. The molecule has 2 aromatic carbocycles. The van der Waals surface area contributed by atoms with E-state index in [2.05, 4.69) is 5.32 Å². The van der Waals surface area contributed by atoms with E-state index < -0.39 is 12.0 Å². The summed E-state index contributed by atoms with van der Waals surface area (Å²) in [4.78, 5) is 15.9. The number of rotatable bonds is 11. The van der Waals surface area contributed by atoms with Crippen LogP contribution in [0.5, 0.6) is 17.2 Å². The van der Waals surface area contributed by atoms with Gasteiger partial charge in [-0.2, -0.15) is 0 Å². The molecule has 0 radical (unpaired) electrons. The van der Waals surface area contributed by atoms with E-state index in [-0.39, 0.29) is 23.6 Å². The highest BCUT2D eigenvalue weighted by Gasteiger charge is 2.43. The van der Waals surface area contributed by atoms with Gasteiger partial charge >= 0.3 is 0 Å². The van der Waals surface area contributed by atoms with E-state index in [0.717, 1.165) is 30.4 Å². The summed E-state index contributed by atoms with van der Waals surface area (Å²) < 4.78 is 16.5. The van der Waals surface area contributed by atoms with E-state index in [1.807, 2.05) is 29.2 Å². The van der Waals surface area contributed by atoms with Crippen molar-refractivity contribution in [1.82, 2.24) is 10.2 Å². The zero-order valence-electron chi connectivity index (χ0n) is 20.5. The van der Waals surface area contributed by atoms with Gasteiger partial charge in [-0.05, 0) is 48.2 Å². The van der Waals surface area contributed by atoms with Gasteiger partial charge in [0, 0.05) is 57.8 Å². The predicted molar refractivity (Wildman–Crippen MR) is 132 cm³/mol. The zero-order valence-corrected chi connectivity index (χ0v) is 20.5. The van der Waals surface area contributed by atoms with E-state index >= 15 is 0 Å². The smallest absolute Gasteiger partial charge is 0.228 e. The second-order valence-corrected chi connectivity index (χ2v) is 9.36. The minimum Gasteiger partial charge on any atom is -0.508 e. The van der Waals surface area contributed by atoms with Gasteiger partial charge in [-0.3, -0.25) is 4.79 Å². The molecule has 1 aliphatic heterocycles. The van der Waals surface area contributed by atoms with Gasteiger partial charge in [-0.1, -0.05) is 12.1 Å². The lowest BCUT2D eigenvalue weighted by Crippen LogP contribution is -2.52. The topological polar surface area (TPSA) is 100 Å². The number of nitrogens with zero attached hydrogens (tertiary/aromatic N) is 1. The fraction of sp³-hybridized carbons (Fsp3) is 0.519. The van der Waals surface area contributed by atoms with Crippen LogP contribution in [0, 0.1) is 5.92 Å². The molecule has 190 valence electrons. The Labute approximate surface area is 206 Å². The number of aliphatic hydroxyl groups excluding tert-OH is 1. The van der Waals surface area contributed by atoms with Crippen molar-refractivity contribution in [3.05, 3.63) is 53.6 Å². The number of hydrogen-bond donors (Lipinski definition) is 3. The number of carbonyl (C=O) groups excluding carboxylic acids is 1. The molecule has 1 saturated carbocycles. The van der Waals surface area contributed by atoms with E-state index in [1.165, 1.54) is 0 Å². The summed E-state index contributed by atoms with van der Waals surface area (Å²) in [7, 11) is 3.28. The van der Waals surface area contributed by atoms with Crippen LogP contribution >= 0.6 is 0 Å². The molecule has 8 heteroatoms. The SMILES string of the molecule is COCCCOc1cc(CN(C(=O)[C@H]2CNC[C@@H](O)[C@@H]2c2cccc(O)c2)C2CC2)cc(OC)c1. The van der Waals surface area contributed by atoms with Gasteiger partial charge in [-0.25, -0.2) is 0 Å². The van der Waals surface area contributed by atoms with Crippen LogP contribution < -0.4 is 14.8 Å². The standard InChI is InChI=1S/C27H36N2O6/c1-33-9-4-10-35-23-12-18(11-22(14-23)34-2)17-29(20-7-8-20)27(32)24-15-28-16-25(31)26(24)19-5-3-6-21(30)13-19/h3,5-6,11-14,20,24-26,28,30-31H,4,7-10,15-17H2,1-2H3/t24-,25+,26+/m0/s1. The van der Waals surface area contributed by atoms with Gasteiger partial charge in [-0.15, -0.1) is 0 Å². The quantitative estimate of drug-likeness (QED) is 0.422. The minimum atomic E-state index is -0.718. The normalized spacial score (nSPS) is 22.0. The van der Waals surface area contributed by atoms with Gasteiger partial charge in [0.25, 0.3) is 0 Å². The van der Waals surface area contributed by atoms with Crippen molar-refractivity contribution in [1.29, 1.82) is 0 Å². The Balaban J connectivity index is 1.55. The summed E-state index contributed by atoms with van der Waals surface area (Å²) in [6.45, 7) is 2.48. The number of nitrogens with one attached hydrogen (secondary N) is 1. The molecule has 3 atom stereocenters. The van der Waals surface area contributed by atoms with Crippen molar-refractivity contribution in [3.63, 3.8) is 0 Å². The number of aromatic hydroxyl groups is 1. The van der Waals surface area contributed by atoms with Crippen molar-refractivity contribution in [2.45, 2.75) is 43.9 Å². The molecular weight excluding hydrogens is 448 g/mol. The lowest BCUT2D eigenvalue weighted by atomic mass is 9.78. The number of piperidine rings is 1. The molecule has 8 nitrogen and oxygen atoms in total. The molecule has 2 fully saturated rings. The molecule has 2 aliphatic rings. The highest BCUT2D eigenvalue weighted by atomic mass is 16.5. The van der Waals surface area contributed by atoms with Crippen LogP contribution in [-0.2, 0) is 16.1 Å². The fourth-order valence-electron chi connectivity index (χ4n) is 4.84. The minimum absolute atomic E-state index is 0.0116. The summed E-state index contributed by atoms with van der Waals surface area (Å²) in [5.74, 6) is 0.704. The van der Waals surface area contributed by atoms with Crippen molar-refractivity contribution >= 4 is 5.91 Å². The van der Waals surface area contributed by atoms with Crippen molar-refractivity contribution in [2.24, 2.45) is 5.92 Å². The lowest BCUT2D eigenvalue weighted by Gasteiger charge is -2.38. The van der Waals surface area contributed by atoms with Gasteiger partial charge in [0.2, 0.25) is 5.91 Å². The molecule has 2 aromatic rings. The number of β-amino-alcohol motifs (C(OH)–C–C–N with tert-alkyl or cyclic N) is 1. The number of carbonyl (C=O) groups is 1. The average molecular weight is 485 g/mol. The van der Waals surface area contributed by atoms with Gasteiger partial charge < -0.3 is 34.6 Å². The molecule has 1 amide bonds. The summed E-state index contributed by atoms with van der Waals surface area (Å²) >= 11 is 0. The molecule has 1 aliphatic carbocycles. The highest BCUT2D eigenvalue weighted by Crippen LogP contribution is 2.37. The Morgan fingerprint density at radius 2 is 1.89 bits per heavy atom. The Bertz CT molecular complexity index is 995. The number of amides is 1. The molecule has 3 N–H and O–H groups in total. The number of phenols is 1. The van der Waals surface area contributed by atoms with Gasteiger partial charge in [0.15, 0.2) is 0 Å². The number of methoxy groups -OCH3 is 2. The van der Waals surface area contributed by atoms with Crippen LogP contribution in [0.3, 0.4) is 0 Å². The first-order valence-electron chi connectivity index (χ1n) is 12.3. The summed E-state index contributed by atoms with van der Waals surface area (Å²) in [6.07, 6.45) is 2.00. The van der Waals surface area contributed by atoms with Crippen LogP contribution in [0.4, 0.5) is 0 Å². The molecule has 0 spiro atoms. The summed E-state index contributed by atoms with van der Waals surface area (Å²) in [5.41, 5.74) is 1.71. The Morgan fingerprint density at radius 1 is 1.09 bits per heavy atom. The molecule has 35 heavy (non-hydrogen) atoms. The molecule has 0 unspecified atom stereocenters. The summed E-state index contributed by atoms with van der Waals surface area (Å²) in [5, 5.41) is 24.0. The molecule has 1 heterocycles. The lowest BCUT2D eigenvalue weighted by molar-refractivity contribution is -0.139. The summed E-state index contributed by atoms with van der Waals surface area (Å²) in [6, 6.07) is 12.8. The van der Waals surface area contributed by atoms with Crippen LogP contribution in [0.25, 0.3) is 0 Å². The van der Waals surface area contributed by atoms with Crippen molar-refractivity contribution in [2.75, 3.05) is 40.5 Å². The maximum Gasteiger partial charge on any atom is 0.228 e. The molecule has 4 rings (SSSR count). The van der Waals surface area contributed by atoms with Crippen LogP contribution in [-0.4, -0.2) is 73.7 Å². The molecular formula is C27H36N2O6. The van der Waals surface area contributed by atoms with E-state index in [4.69, 9.17) is 14.2 Å². The first kappa shape index (κ1) is 25.3. The van der Waals surface area contributed by atoms with Crippen LogP contribution in [0.1, 0.15) is 36.3 Å². The molecule has 0 bridgehead atoms. The second kappa shape index (κ2) is 11.7. The number of ether oxygens (including phenoxy) is 3. The second-order valence-electron chi connectivity index (χ2n) is 9.36. The average Bonchev–Trinajstić information content (AvgIpc) is 3.70. The Hall–Kier alpha value is -2.81. The predicted octanol–water partition coefficient (Wildman–Crippen LogP) is 2.67. The molecule has 0 aromatic heterocycles. The fourth-order valence-corrected chi connectivity index (χ4v) is 4.84. The van der Waals surface area contributed by atoms with E-state index in [0.29, 0.717) is 44.3 Å². The molecule has 1 saturated heterocycles. The number of aliphatic hydroxyl groups is 1. The van der Waals surface area contributed by atoms with E-state index in [1.54, 1.807) is 32.4 Å². The number of hydrogen-bond acceptors (Lipinski definition) is 7. The maximum atomic E-state index is 13.9. The zero-order chi connectivity index (χ0) is 24.8. The van der Waals surface area contributed by atoms with Crippen LogP contribution in [0.15, 0.2) is 42.5 Å². The largest absolute Gasteiger partial charge is 0.508 e. The first-order chi connectivity index (χ1) is 17.0. The Kier molecular flexibility index (Phi) is 8.49. The van der Waals surface area contributed by atoms with Crippen molar-refractivity contribution < 1.29 is 29.2 Å². The third kappa shape index (κ3) is 6.45. The maximum absolute atomic E-state index is 13.9. The number of benzene rings is 2. The van der Waals surface area contributed by atoms with Gasteiger partial charge in [0.05, 0.1) is 25.7 Å². The first-order valence-corrected chi connectivity index (χ1v) is 12.3. The van der Waals surface area contributed by atoms with Crippen molar-refractivity contribution in [3.8, 4) is 17.2 Å². The third-order valence-corrected chi connectivity index (χ3v) is 6.70. The van der Waals surface area contributed by atoms with E-state index in [9.17, 15) is 15.0 Å². The Morgan fingerprint density at radius 3 is 2.60 bits per heavy atom. The monoisotopic (exact) mass is 484 g/mol. The number of phenolic OH excluding ortho intramolecular Hbond substituents is 1. The van der Waals surface area contributed by atoms with Crippen LogP contribution in [0.2, 0.25) is 0 Å². The van der Waals surface area contributed by atoms with Gasteiger partial charge in [0.1, 0.15) is 17.2 Å². The third-order valence-electron chi connectivity index (χ3n) is 6.70.